The van der Waals surface area contributed by atoms with Crippen LogP contribution in [0.4, 0.5) is 14.5 Å². The summed E-state index contributed by atoms with van der Waals surface area (Å²) in [5.74, 6) is -1.48. The molecule has 0 atom stereocenters. The van der Waals surface area contributed by atoms with E-state index in [1.807, 2.05) is 0 Å². The van der Waals surface area contributed by atoms with Gasteiger partial charge in [-0.05, 0) is 32.9 Å². The van der Waals surface area contributed by atoms with Crippen LogP contribution in [0.2, 0.25) is 0 Å². The van der Waals surface area contributed by atoms with Crippen molar-refractivity contribution in [1.29, 1.82) is 0 Å². The van der Waals surface area contributed by atoms with E-state index in [0.29, 0.717) is 6.54 Å². The maximum atomic E-state index is 14.0. The highest BCUT2D eigenvalue weighted by molar-refractivity contribution is 7.80. The summed E-state index contributed by atoms with van der Waals surface area (Å²) in [5.41, 5.74) is 4.27. The minimum atomic E-state index is -1.06. The topological polar surface area (TPSA) is 49.5 Å². The predicted octanol–water partition coefficient (Wildman–Crippen LogP) is 2.20. The molecule has 0 aromatic heterocycles. The third-order valence-corrected chi connectivity index (χ3v) is 2.81. The van der Waals surface area contributed by atoms with Gasteiger partial charge in [0.15, 0.2) is 0 Å². The lowest BCUT2D eigenvalue weighted by Crippen LogP contribution is -2.39. The fraction of sp³-hybridized carbons (Fsp3) is 0.462. The van der Waals surface area contributed by atoms with E-state index in [9.17, 15) is 13.9 Å². The van der Waals surface area contributed by atoms with Gasteiger partial charge in [-0.1, -0.05) is 12.2 Å². The maximum Gasteiger partial charge on any atom is 0.150 e. The van der Waals surface area contributed by atoms with Crippen molar-refractivity contribution in [2.45, 2.75) is 26.4 Å². The Kier molecular flexibility index (Phi) is 4.81. The van der Waals surface area contributed by atoms with Crippen molar-refractivity contribution < 1.29 is 13.9 Å². The number of thiocarbonyl (C=S) groups is 1. The molecule has 0 radical (unpaired) electrons. The van der Waals surface area contributed by atoms with E-state index in [2.05, 4.69) is 0 Å². The summed E-state index contributed by atoms with van der Waals surface area (Å²) in [6.07, 6.45) is 0. The predicted molar refractivity (Wildman–Crippen MR) is 76.4 cm³/mol. The molecule has 0 unspecified atom stereocenters. The zero-order valence-corrected chi connectivity index (χ0v) is 12.0. The number of aliphatic hydroxyl groups is 1. The average Bonchev–Trinajstić information content (AvgIpc) is 2.24. The molecule has 0 saturated heterocycles. The Balaban J connectivity index is 3.22. The molecule has 0 heterocycles. The van der Waals surface area contributed by atoms with Crippen molar-refractivity contribution in [1.82, 2.24) is 0 Å². The van der Waals surface area contributed by atoms with E-state index in [1.54, 1.807) is 20.8 Å². The number of rotatable bonds is 5. The molecule has 0 bridgehead atoms. The van der Waals surface area contributed by atoms with Gasteiger partial charge in [-0.15, -0.1) is 0 Å². The van der Waals surface area contributed by atoms with Gasteiger partial charge in [0.25, 0.3) is 0 Å². The van der Waals surface area contributed by atoms with Crippen molar-refractivity contribution >= 4 is 22.9 Å². The Bertz CT molecular complexity index is 463. The normalized spacial score (nSPS) is 11.5. The van der Waals surface area contributed by atoms with E-state index in [4.69, 9.17) is 18.0 Å². The lowest BCUT2D eigenvalue weighted by atomic mass is 10.1. The van der Waals surface area contributed by atoms with E-state index >= 15 is 0 Å². The van der Waals surface area contributed by atoms with Gasteiger partial charge in [-0.3, -0.25) is 0 Å². The summed E-state index contributed by atoms with van der Waals surface area (Å²) < 4.78 is 28.0. The van der Waals surface area contributed by atoms with Gasteiger partial charge in [-0.25, -0.2) is 8.78 Å². The van der Waals surface area contributed by atoms with Crippen LogP contribution in [-0.4, -0.2) is 28.8 Å². The van der Waals surface area contributed by atoms with Crippen LogP contribution in [0.25, 0.3) is 0 Å². The third kappa shape index (κ3) is 4.11. The van der Waals surface area contributed by atoms with Crippen LogP contribution in [0.5, 0.6) is 0 Å². The third-order valence-electron chi connectivity index (χ3n) is 2.58. The highest BCUT2D eigenvalue weighted by Crippen LogP contribution is 2.26. The molecule has 3 N–H and O–H groups in total. The molecule has 0 aliphatic heterocycles. The summed E-state index contributed by atoms with van der Waals surface area (Å²) in [4.78, 5) is 1.38. The van der Waals surface area contributed by atoms with Crippen molar-refractivity contribution in [2.75, 3.05) is 18.0 Å². The summed E-state index contributed by atoms with van der Waals surface area (Å²) in [5, 5.41) is 9.78. The lowest BCUT2D eigenvalue weighted by Gasteiger charge is -2.30. The van der Waals surface area contributed by atoms with Gasteiger partial charge >= 0.3 is 0 Å². The van der Waals surface area contributed by atoms with E-state index in [1.165, 1.54) is 4.90 Å². The first kappa shape index (κ1) is 15.8. The van der Waals surface area contributed by atoms with Crippen LogP contribution in [0.3, 0.4) is 0 Å². The second-order valence-electron chi connectivity index (χ2n) is 4.98. The number of hydrogen-bond acceptors (Lipinski definition) is 3. The number of nitrogens with zero attached hydrogens (tertiary/aromatic N) is 1. The van der Waals surface area contributed by atoms with Gasteiger partial charge in [0, 0.05) is 18.7 Å². The van der Waals surface area contributed by atoms with E-state index < -0.39 is 17.2 Å². The monoisotopic (exact) mass is 288 g/mol. The summed E-state index contributed by atoms with van der Waals surface area (Å²) >= 11 is 4.70. The molecule has 0 saturated carbocycles. The molecule has 1 rings (SSSR count). The van der Waals surface area contributed by atoms with Crippen LogP contribution >= 0.6 is 12.2 Å². The van der Waals surface area contributed by atoms with Gasteiger partial charge in [0.05, 0.1) is 5.60 Å². The zero-order chi connectivity index (χ0) is 14.8. The largest absolute Gasteiger partial charge is 0.389 e. The van der Waals surface area contributed by atoms with Crippen LogP contribution in [0, 0.1) is 11.6 Å². The van der Waals surface area contributed by atoms with Crippen molar-refractivity contribution in [3.63, 3.8) is 0 Å². The molecule has 3 nitrogen and oxygen atoms in total. The number of halogens is 2. The maximum absolute atomic E-state index is 14.0. The SMILES string of the molecule is CCN(CC(C)(C)O)c1c(F)cc(C(N)=S)cc1F. The molecular formula is C13H18F2N2OS. The Morgan fingerprint density at radius 3 is 2.16 bits per heavy atom. The number of hydrogen-bond donors (Lipinski definition) is 2. The van der Waals surface area contributed by atoms with E-state index in [0.717, 1.165) is 12.1 Å². The molecule has 0 aliphatic rings. The smallest absolute Gasteiger partial charge is 0.150 e. The molecule has 1 aromatic rings. The number of nitrogens with two attached hydrogens (primary N) is 1. The van der Waals surface area contributed by atoms with Gasteiger partial charge in [-0.2, -0.15) is 0 Å². The molecule has 106 valence electrons. The summed E-state index contributed by atoms with van der Waals surface area (Å²) in [7, 11) is 0. The fourth-order valence-electron chi connectivity index (χ4n) is 1.83. The van der Waals surface area contributed by atoms with Gasteiger partial charge in [0.1, 0.15) is 22.3 Å². The number of benzene rings is 1. The Hall–Kier alpha value is -1.27. The van der Waals surface area contributed by atoms with Crippen molar-refractivity contribution in [2.24, 2.45) is 5.73 Å². The Morgan fingerprint density at radius 2 is 1.84 bits per heavy atom. The molecule has 0 spiro atoms. The Morgan fingerprint density at radius 1 is 1.37 bits per heavy atom. The van der Waals surface area contributed by atoms with Gasteiger partial charge in [0.2, 0.25) is 0 Å². The summed E-state index contributed by atoms with van der Waals surface area (Å²) in [6.45, 7) is 5.39. The second kappa shape index (κ2) is 5.79. The number of anilines is 1. The first-order valence-electron chi connectivity index (χ1n) is 5.92. The molecular weight excluding hydrogens is 270 g/mol. The van der Waals surface area contributed by atoms with Crippen LogP contribution in [-0.2, 0) is 0 Å². The average molecular weight is 288 g/mol. The first-order valence-corrected chi connectivity index (χ1v) is 6.32. The molecule has 0 amide bonds. The fourth-order valence-corrected chi connectivity index (χ4v) is 1.94. The minimum absolute atomic E-state index is 0.0603. The van der Waals surface area contributed by atoms with Gasteiger partial charge < -0.3 is 15.7 Å². The van der Waals surface area contributed by atoms with Crippen LogP contribution in [0.1, 0.15) is 26.3 Å². The lowest BCUT2D eigenvalue weighted by molar-refractivity contribution is 0.0873. The summed E-state index contributed by atoms with van der Waals surface area (Å²) in [6, 6.07) is 2.21. The first-order chi connectivity index (χ1) is 8.65. The van der Waals surface area contributed by atoms with Crippen LogP contribution < -0.4 is 10.6 Å². The minimum Gasteiger partial charge on any atom is -0.389 e. The van der Waals surface area contributed by atoms with Crippen molar-refractivity contribution in [3.8, 4) is 0 Å². The highest BCUT2D eigenvalue weighted by atomic mass is 32.1. The molecule has 19 heavy (non-hydrogen) atoms. The Labute approximate surface area is 117 Å². The molecule has 6 heteroatoms. The standard InChI is InChI=1S/C13H18F2N2OS/c1-4-17(7-13(2,3)18)11-9(14)5-8(12(16)19)6-10(11)15/h5-6,18H,4,7H2,1-3H3,(H2,16,19). The molecule has 0 aliphatic carbocycles. The van der Waals surface area contributed by atoms with Crippen molar-refractivity contribution in [3.05, 3.63) is 29.3 Å². The highest BCUT2D eigenvalue weighted by Gasteiger charge is 2.23. The quantitative estimate of drug-likeness (QED) is 0.816. The molecule has 0 fully saturated rings. The number of likely N-dealkylation sites (N-methyl/N-ethyl adjacent to an activating group) is 1. The zero-order valence-electron chi connectivity index (χ0n) is 11.2. The molecule has 1 aromatic carbocycles. The van der Waals surface area contributed by atoms with Crippen LogP contribution in [0.15, 0.2) is 12.1 Å². The van der Waals surface area contributed by atoms with E-state index in [-0.39, 0.29) is 22.8 Å². The second-order valence-corrected chi connectivity index (χ2v) is 5.42.